The predicted octanol–water partition coefficient (Wildman–Crippen LogP) is 4.58. The first-order chi connectivity index (χ1) is 10.3. The molecule has 1 fully saturated rings. The summed E-state index contributed by atoms with van der Waals surface area (Å²) < 4.78 is 12.6. The van der Waals surface area contributed by atoms with Gasteiger partial charge in [-0.2, -0.15) is 0 Å². The highest BCUT2D eigenvalue weighted by Crippen LogP contribution is 2.41. The molecular weight excluding hydrogens is 330 g/mol. The highest BCUT2D eigenvalue weighted by molar-refractivity contribution is 9.10. The van der Waals surface area contributed by atoms with E-state index < -0.39 is 0 Å². The van der Waals surface area contributed by atoms with Crippen molar-refractivity contribution < 1.29 is 9.47 Å². The average Bonchev–Trinajstić information content (AvgIpc) is 2.88. The lowest BCUT2D eigenvalue weighted by molar-refractivity contribution is 0.296. The van der Waals surface area contributed by atoms with Gasteiger partial charge in [-0.05, 0) is 36.5 Å². The molecule has 1 aliphatic heterocycles. The summed E-state index contributed by atoms with van der Waals surface area (Å²) in [5.41, 5.74) is 7.74. The van der Waals surface area contributed by atoms with Crippen LogP contribution >= 0.6 is 15.9 Å². The number of benzene rings is 1. The maximum absolute atomic E-state index is 6.59. The molecular formula is C17H24BrNO2. The first kappa shape index (κ1) is 15.2. The molecule has 1 unspecified atom stereocenters. The molecule has 1 saturated carbocycles. The summed E-state index contributed by atoms with van der Waals surface area (Å²) in [6.07, 6.45) is 8.72. The number of halogens is 1. The number of hydrogen-bond acceptors (Lipinski definition) is 3. The van der Waals surface area contributed by atoms with Crippen LogP contribution in [0.2, 0.25) is 0 Å². The van der Waals surface area contributed by atoms with Crippen LogP contribution in [0.4, 0.5) is 0 Å². The SMILES string of the molecule is NC(c1cc2c(cc1Br)OCCCO2)C1CCCCCC1. The van der Waals surface area contributed by atoms with Gasteiger partial charge in [0.1, 0.15) is 0 Å². The van der Waals surface area contributed by atoms with Gasteiger partial charge < -0.3 is 15.2 Å². The third-order valence-corrected chi connectivity index (χ3v) is 5.32. The average molecular weight is 354 g/mol. The molecule has 0 saturated heterocycles. The maximum atomic E-state index is 6.59. The molecule has 1 heterocycles. The van der Waals surface area contributed by atoms with Gasteiger partial charge in [0.25, 0.3) is 0 Å². The van der Waals surface area contributed by atoms with Crippen LogP contribution in [0.5, 0.6) is 11.5 Å². The van der Waals surface area contributed by atoms with E-state index in [2.05, 4.69) is 22.0 Å². The third-order valence-electron chi connectivity index (χ3n) is 4.63. The van der Waals surface area contributed by atoms with Gasteiger partial charge in [-0.15, -0.1) is 0 Å². The summed E-state index contributed by atoms with van der Waals surface area (Å²) in [7, 11) is 0. The van der Waals surface area contributed by atoms with E-state index in [1.807, 2.05) is 6.07 Å². The number of hydrogen-bond donors (Lipinski definition) is 1. The lowest BCUT2D eigenvalue weighted by Gasteiger charge is -2.24. The van der Waals surface area contributed by atoms with E-state index in [9.17, 15) is 0 Å². The molecule has 116 valence electrons. The summed E-state index contributed by atoms with van der Waals surface area (Å²) in [6, 6.07) is 4.18. The fourth-order valence-corrected chi connectivity index (χ4v) is 3.97. The Kier molecular flexibility index (Phi) is 5.07. The van der Waals surface area contributed by atoms with E-state index >= 15 is 0 Å². The van der Waals surface area contributed by atoms with Gasteiger partial charge in [0.05, 0.1) is 13.2 Å². The molecule has 0 amide bonds. The van der Waals surface area contributed by atoms with Gasteiger partial charge >= 0.3 is 0 Å². The summed E-state index contributed by atoms with van der Waals surface area (Å²) in [5, 5.41) is 0. The Hall–Kier alpha value is -0.740. The van der Waals surface area contributed by atoms with E-state index in [1.54, 1.807) is 0 Å². The molecule has 3 rings (SSSR count). The van der Waals surface area contributed by atoms with Crippen molar-refractivity contribution in [2.75, 3.05) is 13.2 Å². The molecule has 0 radical (unpaired) electrons. The van der Waals surface area contributed by atoms with Gasteiger partial charge in [-0.25, -0.2) is 0 Å². The second kappa shape index (κ2) is 7.01. The van der Waals surface area contributed by atoms with Crippen molar-refractivity contribution in [3.63, 3.8) is 0 Å². The summed E-state index contributed by atoms with van der Waals surface area (Å²) in [5.74, 6) is 2.25. The summed E-state index contributed by atoms with van der Waals surface area (Å²) >= 11 is 3.67. The van der Waals surface area contributed by atoms with Crippen LogP contribution in [0, 0.1) is 5.92 Å². The number of ether oxygens (including phenoxy) is 2. The Labute approximate surface area is 135 Å². The van der Waals surface area contributed by atoms with Crippen molar-refractivity contribution in [3.8, 4) is 11.5 Å². The normalized spacial score (nSPS) is 21.4. The van der Waals surface area contributed by atoms with Gasteiger partial charge in [0.15, 0.2) is 11.5 Å². The minimum atomic E-state index is 0.0784. The first-order valence-electron chi connectivity index (χ1n) is 8.10. The third kappa shape index (κ3) is 3.54. The van der Waals surface area contributed by atoms with Crippen LogP contribution in [0.15, 0.2) is 16.6 Å². The highest BCUT2D eigenvalue weighted by atomic mass is 79.9. The molecule has 0 bridgehead atoms. The van der Waals surface area contributed by atoms with Crippen molar-refractivity contribution in [1.29, 1.82) is 0 Å². The van der Waals surface area contributed by atoms with E-state index in [-0.39, 0.29) is 6.04 Å². The van der Waals surface area contributed by atoms with E-state index in [1.165, 1.54) is 38.5 Å². The predicted molar refractivity (Wildman–Crippen MR) is 87.9 cm³/mol. The zero-order valence-corrected chi connectivity index (χ0v) is 14.0. The van der Waals surface area contributed by atoms with E-state index in [4.69, 9.17) is 15.2 Å². The molecule has 2 N–H and O–H groups in total. The smallest absolute Gasteiger partial charge is 0.162 e. The second-order valence-electron chi connectivity index (χ2n) is 6.15. The second-order valence-corrected chi connectivity index (χ2v) is 7.00. The standard InChI is InChI=1S/C17H24BrNO2/c18-14-11-16-15(20-8-5-9-21-16)10-13(14)17(19)12-6-3-1-2-4-7-12/h10-12,17H,1-9,19H2. The lowest BCUT2D eigenvalue weighted by atomic mass is 9.88. The fourth-order valence-electron chi connectivity index (χ4n) is 3.38. The van der Waals surface area contributed by atoms with Crippen LogP contribution < -0.4 is 15.2 Å². The monoisotopic (exact) mass is 353 g/mol. The first-order valence-corrected chi connectivity index (χ1v) is 8.89. The molecule has 1 aromatic rings. The van der Waals surface area contributed by atoms with E-state index in [0.717, 1.165) is 28.0 Å². The van der Waals surface area contributed by atoms with Crippen molar-refractivity contribution >= 4 is 15.9 Å². The molecule has 2 aliphatic rings. The summed E-state index contributed by atoms with van der Waals surface area (Å²) in [6.45, 7) is 1.43. The van der Waals surface area contributed by atoms with Crippen LogP contribution in [0.25, 0.3) is 0 Å². The van der Waals surface area contributed by atoms with Crippen LogP contribution in [0.1, 0.15) is 56.6 Å². The number of fused-ring (bicyclic) bond motifs is 1. The van der Waals surface area contributed by atoms with Gasteiger partial charge in [-0.1, -0.05) is 41.6 Å². The molecule has 1 aromatic carbocycles. The molecule has 4 heteroatoms. The van der Waals surface area contributed by atoms with Gasteiger partial charge in [-0.3, -0.25) is 0 Å². The lowest BCUT2D eigenvalue weighted by Crippen LogP contribution is -2.21. The fraction of sp³-hybridized carbons (Fsp3) is 0.647. The van der Waals surface area contributed by atoms with Gasteiger partial charge in [0.2, 0.25) is 0 Å². The highest BCUT2D eigenvalue weighted by Gasteiger charge is 2.24. The zero-order valence-electron chi connectivity index (χ0n) is 12.4. The summed E-state index contributed by atoms with van der Waals surface area (Å²) in [4.78, 5) is 0. The van der Waals surface area contributed by atoms with Crippen LogP contribution in [-0.2, 0) is 0 Å². The molecule has 0 spiro atoms. The van der Waals surface area contributed by atoms with Crippen molar-refractivity contribution in [1.82, 2.24) is 0 Å². The topological polar surface area (TPSA) is 44.5 Å². The minimum Gasteiger partial charge on any atom is -0.490 e. The minimum absolute atomic E-state index is 0.0784. The van der Waals surface area contributed by atoms with Gasteiger partial charge in [0, 0.05) is 16.9 Å². The van der Waals surface area contributed by atoms with Crippen LogP contribution in [-0.4, -0.2) is 13.2 Å². The van der Waals surface area contributed by atoms with Crippen molar-refractivity contribution in [2.24, 2.45) is 11.7 Å². The van der Waals surface area contributed by atoms with Crippen LogP contribution in [0.3, 0.4) is 0 Å². The largest absolute Gasteiger partial charge is 0.490 e. The van der Waals surface area contributed by atoms with Crippen molar-refractivity contribution in [3.05, 3.63) is 22.2 Å². The Bertz CT molecular complexity index is 484. The number of nitrogens with two attached hydrogens (primary N) is 1. The Balaban J connectivity index is 1.84. The van der Waals surface area contributed by atoms with Crippen molar-refractivity contribution in [2.45, 2.75) is 51.0 Å². The molecule has 3 nitrogen and oxygen atoms in total. The molecule has 21 heavy (non-hydrogen) atoms. The Morgan fingerprint density at radius 2 is 1.57 bits per heavy atom. The zero-order chi connectivity index (χ0) is 14.7. The molecule has 1 atom stereocenters. The quantitative estimate of drug-likeness (QED) is 0.791. The number of rotatable bonds is 2. The molecule has 1 aliphatic carbocycles. The Morgan fingerprint density at radius 1 is 0.952 bits per heavy atom. The van der Waals surface area contributed by atoms with E-state index in [0.29, 0.717) is 19.1 Å². The molecule has 0 aromatic heterocycles. The maximum Gasteiger partial charge on any atom is 0.162 e. The Morgan fingerprint density at radius 3 is 2.24 bits per heavy atom.